The van der Waals surface area contributed by atoms with Gasteiger partial charge in [-0.05, 0) is 30.4 Å². The zero-order valence-electron chi connectivity index (χ0n) is 7.81. The summed E-state index contributed by atoms with van der Waals surface area (Å²) in [5, 5.41) is 0. The maximum Gasteiger partial charge on any atom is 0.168 e. The number of allylic oxidation sites excluding steroid dienone is 2. The maximum atomic E-state index is 10.4. The number of aliphatic imine (C=N–C) groups is 1. The minimum Gasteiger partial charge on any atom is -0.353 e. The van der Waals surface area contributed by atoms with E-state index in [0.717, 1.165) is 12.0 Å². The molecule has 0 atom stereocenters. The van der Waals surface area contributed by atoms with Crippen LogP contribution in [0.1, 0.15) is 16.2 Å². The summed E-state index contributed by atoms with van der Waals surface area (Å²) in [6, 6.07) is 3.46. The molecule has 0 bridgehead atoms. The molecule has 1 aliphatic heterocycles. The molecule has 1 aliphatic rings. The summed E-state index contributed by atoms with van der Waals surface area (Å²) in [5.74, 6) is 0. The minimum atomic E-state index is 0.406. The molecule has 0 saturated heterocycles. The third kappa shape index (κ3) is 1.99. The Labute approximate surface area is 86.0 Å². The van der Waals surface area contributed by atoms with Crippen molar-refractivity contribution in [2.75, 3.05) is 0 Å². The second-order valence-electron chi connectivity index (χ2n) is 3.04. The smallest absolute Gasteiger partial charge is 0.168 e. The van der Waals surface area contributed by atoms with Crippen LogP contribution in [-0.2, 0) is 4.79 Å². The first-order valence-corrected chi connectivity index (χ1v) is 4.39. The number of carbonyl (C=O) groups is 2. The van der Waals surface area contributed by atoms with E-state index in [0.29, 0.717) is 23.4 Å². The molecule has 0 aromatic carbocycles. The van der Waals surface area contributed by atoms with Crippen LogP contribution in [0.5, 0.6) is 0 Å². The molecule has 2 heterocycles. The van der Waals surface area contributed by atoms with Crippen LogP contribution in [0, 0.1) is 0 Å². The molecule has 74 valence electrons. The van der Waals surface area contributed by atoms with Gasteiger partial charge in [0.05, 0.1) is 11.4 Å². The molecule has 1 aromatic rings. The van der Waals surface area contributed by atoms with E-state index in [-0.39, 0.29) is 0 Å². The van der Waals surface area contributed by atoms with E-state index in [9.17, 15) is 9.59 Å². The number of H-pyrrole nitrogens is 1. The highest BCUT2D eigenvalue weighted by atomic mass is 16.1. The van der Waals surface area contributed by atoms with Gasteiger partial charge >= 0.3 is 0 Å². The Kier molecular flexibility index (Phi) is 2.41. The number of aromatic nitrogens is 1. The van der Waals surface area contributed by atoms with Gasteiger partial charge in [0.25, 0.3) is 0 Å². The molecule has 1 aromatic heterocycles. The SMILES string of the molecule is O=CC1=N/C(=C\c2ccc(C=O)[nH]2)C=C1. The lowest BCUT2D eigenvalue weighted by molar-refractivity contribution is -0.102. The van der Waals surface area contributed by atoms with Gasteiger partial charge < -0.3 is 4.98 Å². The van der Waals surface area contributed by atoms with Crippen LogP contribution in [0.4, 0.5) is 0 Å². The molecule has 2 rings (SSSR count). The predicted octanol–water partition coefficient (Wildman–Crippen LogP) is 1.38. The lowest BCUT2D eigenvalue weighted by atomic mass is 10.3. The van der Waals surface area contributed by atoms with Gasteiger partial charge in [-0.3, -0.25) is 9.59 Å². The van der Waals surface area contributed by atoms with Crippen molar-refractivity contribution in [3.63, 3.8) is 0 Å². The molecule has 0 spiro atoms. The van der Waals surface area contributed by atoms with Gasteiger partial charge in [0.15, 0.2) is 12.6 Å². The van der Waals surface area contributed by atoms with Crippen molar-refractivity contribution in [3.8, 4) is 0 Å². The molecule has 4 nitrogen and oxygen atoms in total. The Balaban J connectivity index is 2.25. The number of rotatable bonds is 3. The second-order valence-corrected chi connectivity index (χ2v) is 3.04. The number of aromatic amines is 1. The standard InChI is InChI=1S/C11H8N2O2/c14-6-10-3-1-8(12-10)5-9-2-4-11(7-15)13-9/h1-7,12H/b9-5-. The van der Waals surface area contributed by atoms with Crippen molar-refractivity contribution >= 4 is 24.4 Å². The van der Waals surface area contributed by atoms with Crippen molar-refractivity contribution in [1.29, 1.82) is 0 Å². The average molecular weight is 200 g/mol. The van der Waals surface area contributed by atoms with Crippen LogP contribution in [0.15, 0.2) is 35.0 Å². The zero-order valence-corrected chi connectivity index (χ0v) is 7.81. The molecule has 15 heavy (non-hydrogen) atoms. The summed E-state index contributed by atoms with van der Waals surface area (Å²) in [7, 11) is 0. The molecule has 1 N–H and O–H groups in total. The highest BCUT2D eigenvalue weighted by Crippen LogP contribution is 2.12. The fourth-order valence-electron chi connectivity index (χ4n) is 1.28. The number of aldehydes is 2. The molecular weight excluding hydrogens is 192 g/mol. The van der Waals surface area contributed by atoms with Crippen LogP contribution >= 0.6 is 0 Å². The summed E-state index contributed by atoms with van der Waals surface area (Å²) in [6.07, 6.45) is 6.59. The van der Waals surface area contributed by atoms with E-state index in [2.05, 4.69) is 9.98 Å². The van der Waals surface area contributed by atoms with Gasteiger partial charge in [-0.15, -0.1) is 0 Å². The zero-order chi connectivity index (χ0) is 10.7. The maximum absolute atomic E-state index is 10.4. The number of nitrogens with zero attached hydrogens (tertiary/aromatic N) is 1. The van der Waals surface area contributed by atoms with E-state index in [1.807, 2.05) is 0 Å². The summed E-state index contributed by atoms with van der Waals surface area (Å²) in [6.45, 7) is 0. The number of nitrogens with one attached hydrogen (secondary N) is 1. The van der Waals surface area contributed by atoms with Crippen molar-refractivity contribution in [1.82, 2.24) is 4.98 Å². The third-order valence-corrected chi connectivity index (χ3v) is 1.97. The number of hydrogen-bond acceptors (Lipinski definition) is 3. The van der Waals surface area contributed by atoms with Gasteiger partial charge in [-0.1, -0.05) is 0 Å². The number of hydrogen-bond donors (Lipinski definition) is 1. The highest BCUT2D eigenvalue weighted by molar-refractivity contribution is 6.35. The van der Waals surface area contributed by atoms with Crippen molar-refractivity contribution < 1.29 is 9.59 Å². The molecule has 0 fully saturated rings. The monoisotopic (exact) mass is 200 g/mol. The molecule has 0 unspecified atom stereocenters. The van der Waals surface area contributed by atoms with E-state index >= 15 is 0 Å². The van der Waals surface area contributed by atoms with E-state index in [1.165, 1.54) is 0 Å². The van der Waals surface area contributed by atoms with Crippen molar-refractivity contribution in [2.24, 2.45) is 4.99 Å². The molecule has 0 radical (unpaired) electrons. The molecule has 4 heteroatoms. The third-order valence-electron chi connectivity index (χ3n) is 1.97. The first-order valence-electron chi connectivity index (χ1n) is 4.39. The molecule has 0 amide bonds. The average Bonchev–Trinajstić information content (AvgIpc) is 2.87. The molecule has 0 saturated carbocycles. The fraction of sp³-hybridized carbons (Fsp3) is 0. The predicted molar refractivity (Wildman–Crippen MR) is 56.8 cm³/mol. The van der Waals surface area contributed by atoms with Gasteiger partial charge in [0.1, 0.15) is 5.71 Å². The van der Waals surface area contributed by atoms with Crippen molar-refractivity contribution in [2.45, 2.75) is 0 Å². The second kappa shape index (κ2) is 3.88. The van der Waals surface area contributed by atoms with E-state index in [4.69, 9.17) is 0 Å². The highest BCUT2D eigenvalue weighted by Gasteiger charge is 2.03. The Bertz CT molecular complexity index is 492. The summed E-state index contributed by atoms with van der Waals surface area (Å²) < 4.78 is 0. The topological polar surface area (TPSA) is 62.3 Å². The van der Waals surface area contributed by atoms with Gasteiger partial charge in [0, 0.05) is 5.69 Å². The van der Waals surface area contributed by atoms with Gasteiger partial charge in [-0.2, -0.15) is 0 Å². The first-order chi connectivity index (χ1) is 7.31. The van der Waals surface area contributed by atoms with Gasteiger partial charge in [-0.25, -0.2) is 4.99 Å². The van der Waals surface area contributed by atoms with Crippen molar-refractivity contribution in [3.05, 3.63) is 41.4 Å². The lowest BCUT2D eigenvalue weighted by Gasteiger charge is -1.88. The Hall–Kier alpha value is -2.23. The molecule has 0 aliphatic carbocycles. The summed E-state index contributed by atoms with van der Waals surface area (Å²) >= 11 is 0. The Morgan fingerprint density at radius 2 is 1.87 bits per heavy atom. The minimum absolute atomic E-state index is 0.406. The van der Waals surface area contributed by atoms with Gasteiger partial charge in [0.2, 0.25) is 0 Å². The Morgan fingerprint density at radius 1 is 1.07 bits per heavy atom. The van der Waals surface area contributed by atoms with Crippen LogP contribution in [-0.4, -0.2) is 23.3 Å². The van der Waals surface area contributed by atoms with Crippen LogP contribution in [0.2, 0.25) is 0 Å². The summed E-state index contributed by atoms with van der Waals surface area (Å²) in [5.41, 5.74) is 2.40. The summed E-state index contributed by atoms with van der Waals surface area (Å²) in [4.78, 5) is 27.7. The van der Waals surface area contributed by atoms with Crippen LogP contribution in [0.25, 0.3) is 6.08 Å². The lowest BCUT2D eigenvalue weighted by Crippen LogP contribution is -1.88. The first kappa shape index (κ1) is 9.33. The van der Waals surface area contributed by atoms with Crippen LogP contribution in [0.3, 0.4) is 0 Å². The number of carbonyl (C=O) groups excluding carboxylic acids is 2. The normalized spacial score (nSPS) is 16.8. The Morgan fingerprint density at radius 3 is 2.47 bits per heavy atom. The quantitative estimate of drug-likeness (QED) is 0.749. The fourth-order valence-corrected chi connectivity index (χ4v) is 1.28. The molecular formula is C11H8N2O2. The van der Waals surface area contributed by atoms with Crippen LogP contribution < -0.4 is 0 Å². The van der Waals surface area contributed by atoms with E-state index in [1.54, 1.807) is 30.4 Å². The van der Waals surface area contributed by atoms with E-state index < -0.39 is 0 Å². The largest absolute Gasteiger partial charge is 0.353 e.